The highest BCUT2D eigenvalue weighted by Crippen LogP contribution is 2.64. The molecular weight excluding hydrogens is 795 g/mol. The summed E-state index contributed by atoms with van der Waals surface area (Å²) in [6.07, 6.45) is 4.40. The lowest BCUT2D eigenvalue weighted by molar-refractivity contribution is 0.265. The van der Waals surface area contributed by atoms with Crippen LogP contribution >= 0.6 is 0 Å². The summed E-state index contributed by atoms with van der Waals surface area (Å²) in [6, 6.07) is 89.7. The molecule has 66 heavy (non-hydrogen) atoms. The number of nitrogens with zero attached hydrogens (tertiary/aromatic N) is 1. The van der Waals surface area contributed by atoms with E-state index in [0.717, 1.165) is 31.4 Å². The highest BCUT2D eigenvalue weighted by Gasteiger charge is 2.53. The molecule has 1 fully saturated rings. The third-order valence-electron chi connectivity index (χ3n) is 16.4. The molecule has 10 aromatic rings. The van der Waals surface area contributed by atoms with Crippen LogP contribution in [0.3, 0.4) is 0 Å². The largest absolute Gasteiger partial charge is 0.310 e. The Morgan fingerprint density at radius 3 is 1.24 bits per heavy atom. The highest BCUT2D eigenvalue weighted by molar-refractivity contribution is 6.00. The monoisotopic (exact) mass is 841 g/mol. The summed E-state index contributed by atoms with van der Waals surface area (Å²) in [7, 11) is 0. The number of hydrogen-bond donors (Lipinski definition) is 0. The fraction of sp³-hybridized carbons (Fsp3) is 0.108. The average molecular weight is 842 g/mol. The van der Waals surface area contributed by atoms with Crippen molar-refractivity contribution < 1.29 is 0 Å². The average Bonchev–Trinajstić information content (AvgIpc) is 3.95. The lowest BCUT2D eigenvalue weighted by Gasteiger charge is -2.45. The third kappa shape index (κ3) is 5.01. The molecule has 0 saturated heterocycles. The Balaban J connectivity index is 0.979. The van der Waals surface area contributed by atoms with E-state index in [0.29, 0.717) is 0 Å². The summed E-state index contributed by atoms with van der Waals surface area (Å²) in [4.78, 5) is 2.57. The van der Waals surface area contributed by atoms with Crippen molar-refractivity contribution in [2.24, 2.45) is 0 Å². The van der Waals surface area contributed by atoms with E-state index >= 15 is 0 Å². The minimum Gasteiger partial charge on any atom is -0.310 e. The first-order valence-corrected chi connectivity index (χ1v) is 23.8. The van der Waals surface area contributed by atoms with Gasteiger partial charge >= 0.3 is 0 Å². The van der Waals surface area contributed by atoms with Gasteiger partial charge in [-0.15, -0.1) is 0 Å². The molecule has 0 bridgehead atoms. The second kappa shape index (κ2) is 14.1. The van der Waals surface area contributed by atoms with Crippen LogP contribution in [-0.4, -0.2) is 0 Å². The van der Waals surface area contributed by atoms with Crippen LogP contribution in [0.4, 0.5) is 17.1 Å². The van der Waals surface area contributed by atoms with Gasteiger partial charge in [0, 0.05) is 27.6 Å². The Morgan fingerprint density at radius 1 is 0.288 bits per heavy atom. The number of hydrogen-bond acceptors (Lipinski definition) is 1. The van der Waals surface area contributed by atoms with E-state index in [9.17, 15) is 0 Å². The van der Waals surface area contributed by atoms with E-state index in [1.807, 2.05) is 0 Å². The summed E-state index contributed by atoms with van der Waals surface area (Å²) < 4.78 is 0. The van der Waals surface area contributed by atoms with Gasteiger partial charge in [0.05, 0.1) is 11.1 Å². The summed E-state index contributed by atoms with van der Waals surface area (Å²) in [5.41, 5.74) is 22.3. The van der Waals surface area contributed by atoms with Crippen molar-refractivity contribution in [3.05, 3.63) is 281 Å². The van der Waals surface area contributed by atoms with E-state index in [1.54, 1.807) is 0 Å². The van der Waals surface area contributed by atoms with Gasteiger partial charge in [-0.3, -0.25) is 0 Å². The maximum absolute atomic E-state index is 2.59. The summed E-state index contributed by atoms with van der Waals surface area (Å²) in [5.74, 6) is 0. The van der Waals surface area contributed by atoms with Crippen molar-refractivity contribution >= 4 is 27.8 Å². The third-order valence-corrected chi connectivity index (χ3v) is 16.4. The first kappa shape index (κ1) is 37.6. The van der Waals surface area contributed by atoms with Crippen LogP contribution in [0, 0.1) is 0 Å². The van der Waals surface area contributed by atoms with Crippen LogP contribution in [0.25, 0.3) is 44.2 Å². The molecule has 0 aromatic heterocycles. The van der Waals surface area contributed by atoms with Crippen LogP contribution in [-0.2, 0) is 16.2 Å². The second-order valence-corrected chi connectivity index (χ2v) is 19.1. The van der Waals surface area contributed by atoms with Crippen LogP contribution in [0.5, 0.6) is 0 Å². The SMILES string of the molecule is c1ccc(C2(c3ccccc3)c3ccccc3-c3ccc(N(c4ccc5c(c4)C4(CCC6(CC4)c4ccccc4-c4ccccc46)c4ccccc4-5)c4cccc5ccccc45)cc32)cc1. The van der Waals surface area contributed by atoms with Crippen molar-refractivity contribution in [3.8, 4) is 33.4 Å². The van der Waals surface area contributed by atoms with Crippen LogP contribution in [0.1, 0.15) is 70.2 Å². The molecule has 0 aliphatic heterocycles. The fourth-order valence-electron chi connectivity index (χ4n) is 13.6. The maximum atomic E-state index is 2.59. The zero-order valence-corrected chi connectivity index (χ0v) is 36.8. The zero-order chi connectivity index (χ0) is 43.5. The van der Waals surface area contributed by atoms with Crippen molar-refractivity contribution in [1.82, 2.24) is 0 Å². The summed E-state index contributed by atoms with van der Waals surface area (Å²) >= 11 is 0. The van der Waals surface area contributed by atoms with Gasteiger partial charge in [-0.2, -0.15) is 0 Å². The van der Waals surface area contributed by atoms with Gasteiger partial charge in [0.2, 0.25) is 0 Å². The zero-order valence-electron chi connectivity index (χ0n) is 36.8. The Bertz CT molecular complexity index is 3460. The van der Waals surface area contributed by atoms with Crippen LogP contribution in [0.15, 0.2) is 237 Å². The van der Waals surface area contributed by atoms with Crippen molar-refractivity contribution in [1.29, 1.82) is 0 Å². The smallest absolute Gasteiger partial charge is 0.0714 e. The molecular formula is C65H47N. The van der Waals surface area contributed by atoms with Crippen molar-refractivity contribution in [2.75, 3.05) is 4.90 Å². The molecule has 1 nitrogen and oxygen atoms in total. The molecule has 0 N–H and O–H groups in total. The Morgan fingerprint density at radius 2 is 0.682 bits per heavy atom. The standard InChI is InChI=1S/C65H47N/c1-3-20-45(21-4-1)65(46-22-5-2-6-23-46)59-32-16-12-28-53(59)55-37-35-48(43-61(55)65)66(62-33-17-19-44-18-7-8-24-49(44)62)47-34-36-54-52-27-11-15-31-58(52)64(60(54)42-47)40-38-63(39-41-64)56-29-13-9-25-50(56)51-26-10-14-30-57(51)63/h1-37,42-43H,38-41H2. The van der Waals surface area contributed by atoms with Gasteiger partial charge in [0.1, 0.15) is 0 Å². The Hall–Kier alpha value is -7.74. The van der Waals surface area contributed by atoms with Crippen LogP contribution in [0.2, 0.25) is 0 Å². The number of fused-ring (bicyclic) bond motifs is 14. The number of rotatable bonds is 5. The molecule has 2 spiro atoms. The molecule has 4 aliphatic carbocycles. The van der Waals surface area contributed by atoms with E-state index in [4.69, 9.17) is 0 Å². The summed E-state index contributed by atoms with van der Waals surface area (Å²) in [6.45, 7) is 0. The predicted octanol–water partition coefficient (Wildman–Crippen LogP) is 16.5. The summed E-state index contributed by atoms with van der Waals surface area (Å²) in [5, 5.41) is 2.47. The number of anilines is 3. The van der Waals surface area contributed by atoms with Crippen molar-refractivity contribution in [2.45, 2.75) is 41.9 Å². The molecule has 312 valence electrons. The fourth-order valence-corrected chi connectivity index (χ4v) is 13.6. The lowest BCUT2D eigenvalue weighted by atomic mass is 9.57. The van der Waals surface area contributed by atoms with Gasteiger partial charge in [-0.1, -0.05) is 206 Å². The van der Waals surface area contributed by atoms with E-state index in [2.05, 4.69) is 241 Å². The molecule has 10 aromatic carbocycles. The Labute approximate surface area is 387 Å². The lowest BCUT2D eigenvalue weighted by Crippen LogP contribution is -2.39. The molecule has 0 radical (unpaired) electrons. The molecule has 14 rings (SSSR count). The van der Waals surface area contributed by atoms with E-state index in [1.165, 1.54) is 100 Å². The molecule has 0 heterocycles. The highest BCUT2D eigenvalue weighted by atomic mass is 15.1. The Kier molecular flexibility index (Phi) is 8.05. The molecule has 1 saturated carbocycles. The normalized spacial score (nSPS) is 16.0. The van der Waals surface area contributed by atoms with E-state index < -0.39 is 5.41 Å². The molecule has 0 atom stereocenters. The first-order valence-electron chi connectivity index (χ1n) is 23.8. The van der Waals surface area contributed by atoms with Gasteiger partial charge in [0.15, 0.2) is 0 Å². The minimum absolute atomic E-state index is 0.0226. The second-order valence-electron chi connectivity index (χ2n) is 19.1. The van der Waals surface area contributed by atoms with Gasteiger partial charge in [0.25, 0.3) is 0 Å². The molecule has 4 aliphatic rings. The number of benzene rings is 10. The molecule has 0 unspecified atom stereocenters. The van der Waals surface area contributed by atoms with Gasteiger partial charge in [-0.25, -0.2) is 0 Å². The van der Waals surface area contributed by atoms with Gasteiger partial charge in [-0.05, 0) is 139 Å². The predicted molar refractivity (Wildman–Crippen MR) is 273 cm³/mol. The van der Waals surface area contributed by atoms with Crippen molar-refractivity contribution in [3.63, 3.8) is 0 Å². The maximum Gasteiger partial charge on any atom is 0.0714 e. The first-order chi connectivity index (χ1) is 32.7. The quantitative estimate of drug-likeness (QED) is 0.167. The van der Waals surface area contributed by atoms with Crippen LogP contribution < -0.4 is 4.90 Å². The van der Waals surface area contributed by atoms with Gasteiger partial charge < -0.3 is 4.90 Å². The molecule has 1 heteroatoms. The topological polar surface area (TPSA) is 3.24 Å². The van der Waals surface area contributed by atoms with E-state index in [-0.39, 0.29) is 10.8 Å². The molecule has 0 amide bonds. The minimum atomic E-state index is -0.506.